The Morgan fingerprint density at radius 1 is 1.29 bits per heavy atom. The van der Waals surface area contributed by atoms with Crippen LogP contribution in [-0.2, 0) is 4.74 Å². The largest absolute Gasteiger partial charge is 0.378 e. The van der Waals surface area contributed by atoms with Gasteiger partial charge in [-0.2, -0.15) is 0 Å². The number of ether oxygens (including phenoxy) is 1. The van der Waals surface area contributed by atoms with Gasteiger partial charge in [0.2, 0.25) is 0 Å². The summed E-state index contributed by atoms with van der Waals surface area (Å²) in [5, 5.41) is 3.59. The smallest absolute Gasteiger partial charge is 0.0587 e. The Morgan fingerprint density at radius 2 is 2.07 bits per heavy atom. The fourth-order valence-corrected chi connectivity index (χ4v) is 2.06. The van der Waals surface area contributed by atoms with Crippen LogP contribution in [0.4, 0.5) is 0 Å². The van der Waals surface area contributed by atoms with E-state index < -0.39 is 0 Å². The van der Waals surface area contributed by atoms with Crippen LogP contribution < -0.4 is 5.32 Å². The number of hydrogen-bond acceptors (Lipinski definition) is 2. The van der Waals surface area contributed by atoms with E-state index >= 15 is 0 Å². The van der Waals surface area contributed by atoms with Crippen molar-refractivity contribution in [3.63, 3.8) is 0 Å². The van der Waals surface area contributed by atoms with Crippen molar-refractivity contribution in [2.45, 2.75) is 64.5 Å². The van der Waals surface area contributed by atoms with Gasteiger partial charge in [0.05, 0.1) is 6.10 Å². The Balaban J connectivity index is 2.01. The third kappa shape index (κ3) is 4.43. The first-order valence-electron chi connectivity index (χ1n) is 6.21. The summed E-state index contributed by atoms with van der Waals surface area (Å²) in [4.78, 5) is 0. The molecule has 1 N–H and O–H groups in total. The van der Waals surface area contributed by atoms with Gasteiger partial charge in [0.1, 0.15) is 0 Å². The fraction of sp³-hybridized carbons (Fsp3) is 1.00. The lowest BCUT2D eigenvalue weighted by Crippen LogP contribution is -2.32. The highest BCUT2D eigenvalue weighted by atomic mass is 16.5. The van der Waals surface area contributed by atoms with Gasteiger partial charge in [0.15, 0.2) is 0 Å². The molecule has 0 radical (unpaired) electrons. The second kappa shape index (κ2) is 7.24. The van der Waals surface area contributed by atoms with Crippen LogP contribution in [0.3, 0.4) is 0 Å². The Labute approximate surface area is 88.4 Å². The maximum Gasteiger partial charge on any atom is 0.0587 e. The van der Waals surface area contributed by atoms with Crippen molar-refractivity contribution in [2.75, 3.05) is 13.2 Å². The molecule has 0 bridgehead atoms. The van der Waals surface area contributed by atoms with Crippen molar-refractivity contribution in [1.82, 2.24) is 5.32 Å². The molecule has 0 aromatic heterocycles. The van der Waals surface area contributed by atoms with Crippen molar-refractivity contribution >= 4 is 0 Å². The van der Waals surface area contributed by atoms with E-state index in [9.17, 15) is 0 Å². The quantitative estimate of drug-likeness (QED) is 0.710. The van der Waals surface area contributed by atoms with Gasteiger partial charge in [-0.3, -0.25) is 0 Å². The Hall–Kier alpha value is -0.0800. The van der Waals surface area contributed by atoms with Crippen LogP contribution in [-0.4, -0.2) is 25.3 Å². The summed E-state index contributed by atoms with van der Waals surface area (Å²) in [6.07, 6.45) is 8.09. The van der Waals surface area contributed by atoms with Crippen LogP contribution in [0.25, 0.3) is 0 Å². The molecule has 2 nitrogen and oxygen atoms in total. The van der Waals surface area contributed by atoms with Gasteiger partial charge >= 0.3 is 0 Å². The topological polar surface area (TPSA) is 21.3 Å². The number of rotatable bonds is 6. The summed E-state index contributed by atoms with van der Waals surface area (Å²) in [6.45, 7) is 6.60. The molecule has 1 aliphatic heterocycles. The highest BCUT2D eigenvalue weighted by molar-refractivity contribution is 4.68. The van der Waals surface area contributed by atoms with Gasteiger partial charge in [0, 0.05) is 12.6 Å². The summed E-state index contributed by atoms with van der Waals surface area (Å²) in [7, 11) is 0. The lowest BCUT2D eigenvalue weighted by atomic mass is 10.1. The molecular weight excluding hydrogens is 174 g/mol. The van der Waals surface area contributed by atoms with Gasteiger partial charge in [0.25, 0.3) is 0 Å². The molecular formula is C12H25NO. The Morgan fingerprint density at radius 3 is 2.64 bits per heavy atom. The minimum absolute atomic E-state index is 0.533. The summed E-state index contributed by atoms with van der Waals surface area (Å²) >= 11 is 0. The number of nitrogens with one attached hydrogen (secondary N) is 1. The van der Waals surface area contributed by atoms with Crippen LogP contribution in [0.1, 0.15) is 52.4 Å². The van der Waals surface area contributed by atoms with Crippen molar-refractivity contribution in [3.8, 4) is 0 Å². The third-order valence-electron chi connectivity index (χ3n) is 3.16. The van der Waals surface area contributed by atoms with E-state index in [1.165, 1.54) is 38.5 Å². The van der Waals surface area contributed by atoms with Gasteiger partial charge in [-0.1, -0.05) is 13.8 Å². The summed E-state index contributed by atoms with van der Waals surface area (Å²) in [5.41, 5.74) is 0. The van der Waals surface area contributed by atoms with Crippen molar-refractivity contribution in [1.29, 1.82) is 0 Å². The van der Waals surface area contributed by atoms with Gasteiger partial charge in [-0.25, -0.2) is 0 Å². The van der Waals surface area contributed by atoms with E-state index in [1.807, 2.05) is 0 Å². The molecule has 0 spiro atoms. The molecule has 1 heterocycles. The van der Waals surface area contributed by atoms with Crippen molar-refractivity contribution in [3.05, 3.63) is 0 Å². The van der Waals surface area contributed by atoms with Crippen molar-refractivity contribution < 1.29 is 4.74 Å². The summed E-state index contributed by atoms with van der Waals surface area (Å²) in [5.74, 6) is 0. The van der Waals surface area contributed by atoms with E-state index in [-0.39, 0.29) is 0 Å². The van der Waals surface area contributed by atoms with Crippen LogP contribution in [0.5, 0.6) is 0 Å². The molecule has 14 heavy (non-hydrogen) atoms. The predicted molar refractivity (Wildman–Crippen MR) is 60.6 cm³/mol. The molecule has 2 heteroatoms. The van der Waals surface area contributed by atoms with E-state index in [2.05, 4.69) is 19.2 Å². The molecule has 84 valence electrons. The van der Waals surface area contributed by atoms with E-state index in [0.29, 0.717) is 12.1 Å². The molecule has 1 atom stereocenters. The molecule has 0 amide bonds. The highest BCUT2D eigenvalue weighted by Crippen LogP contribution is 2.15. The van der Waals surface area contributed by atoms with Gasteiger partial charge in [-0.05, 0) is 45.1 Å². The molecule has 0 aromatic rings. The molecule has 0 aromatic carbocycles. The standard InChI is InChI=1S/C12H25NO/c1-3-11(4-2)13-9-8-12-7-5-6-10-14-12/h11-13H,3-10H2,1-2H3. The second-order valence-corrected chi connectivity index (χ2v) is 4.24. The highest BCUT2D eigenvalue weighted by Gasteiger charge is 2.13. The maximum atomic E-state index is 5.69. The molecule has 1 unspecified atom stereocenters. The molecule has 1 aliphatic rings. The third-order valence-corrected chi connectivity index (χ3v) is 3.16. The first-order valence-corrected chi connectivity index (χ1v) is 6.21. The zero-order valence-corrected chi connectivity index (χ0v) is 9.72. The molecule has 1 fully saturated rings. The van der Waals surface area contributed by atoms with Crippen LogP contribution >= 0.6 is 0 Å². The van der Waals surface area contributed by atoms with Crippen molar-refractivity contribution in [2.24, 2.45) is 0 Å². The minimum Gasteiger partial charge on any atom is -0.378 e. The first-order chi connectivity index (χ1) is 6.86. The van der Waals surface area contributed by atoms with E-state index in [0.717, 1.165) is 13.2 Å². The summed E-state index contributed by atoms with van der Waals surface area (Å²) < 4.78 is 5.69. The minimum atomic E-state index is 0.533. The fourth-order valence-electron chi connectivity index (χ4n) is 2.06. The monoisotopic (exact) mass is 199 g/mol. The van der Waals surface area contributed by atoms with Crippen LogP contribution in [0.15, 0.2) is 0 Å². The van der Waals surface area contributed by atoms with E-state index in [1.54, 1.807) is 0 Å². The first kappa shape index (κ1) is 12.0. The second-order valence-electron chi connectivity index (χ2n) is 4.24. The lowest BCUT2D eigenvalue weighted by Gasteiger charge is -2.23. The van der Waals surface area contributed by atoms with Gasteiger partial charge in [-0.15, -0.1) is 0 Å². The Kier molecular flexibility index (Phi) is 6.20. The summed E-state index contributed by atoms with van der Waals surface area (Å²) in [6, 6.07) is 0.707. The maximum absolute atomic E-state index is 5.69. The van der Waals surface area contributed by atoms with E-state index in [4.69, 9.17) is 4.74 Å². The molecule has 0 saturated carbocycles. The normalized spacial score (nSPS) is 22.9. The molecule has 0 aliphatic carbocycles. The molecule has 1 saturated heterocycles. The number of hydrogen-bond donors (Lipinski definition) is 1. The van der Waals surface area contributed by atoms with Gasteiger partial charge < -0.3 is 10.1 Å². The zero-order chi connectivity index (χ0) is 10.2. The lowest BCUT2D eigenvalue weighted by molar-refractivity contribution is 0.0112. The van der Waals surface area contributed by atoms with Crippen LogP contribution in [0, 0.1) is 0 Å². The average molecular weight is 199 g/mol. The zero-order valence-electron chi connectivity index (χ0n) is 9.72. The van der Waals surface area contributed by atoms with Crippen LogP contribution in [0.2, 0.25) is 0 Å². The average Bonchev–Trinajstić information content (AvgIpc) is 2.26. The SMILES string of the molecule is CCC(CC)NCCC1CCCCO1. The Bertz CT molecular complexity index is 128. The molecule has 1 rings (SSSR count). The predicted octanol–water partition coefficient (Wildman–Crippen LogP) is 2.72.